The molecule has 1 N–H and O–H groups in total. The van der Waals surface area contributed by atoms with Crippen LogP contribution >= 0.6 is 0 Å². The summed E-state index contributed by atoms with van der Waals surface area (Å²) < 4.78 is 0. The van der Waals surface area contributed by atoms with E-state index in [9.17, 15) is 4.79 Å². The zero-order valence-corrected chi connectivity index (χ0v) is 12.4. The Balaban J connectivity index is 2.38. The zero-order chi connectivity index (χ0) is 13.5. The Morgan fingerprint density at radius 3 is 2.67 bits per heavy atom. The molecule has 1 saturated heterocycles. The maximum Gasteiger partial charge on any atom is 0.241 e. The van der Waals surface area contributed by atoms with Gasteiger partial charge in [-0.15, -0.1) is 0 Å². The van der Waals surface area contributed by atoms with Crippen molar-refractivity contribution in [1.82, 2.24) is 15.1 Å². The minimum absolute atomic E-state index is 0.0382. The summed E-state index contributed by atoms with van der Waals surface area (Å²) in [4.78, 5) is 16.6. The molecule has 106 valence electrons. The third kappa shape index (κ3) is 3.95. The molecule has 0 aromatic rings. The monoisotopic (exact) mass is 255 g/mol. The average molecular weight is 255 g/mol. The molecule has 0 aliphatic carbocycles. The molecule has 0 aromatic heterocycles. The van der Waals surface area contributed by atoms with Crippen LogP contribution < -0.4 is 5.32 Å². The van der Waals surface area contributed by atoms with Crippen LogP contribution in [0.25, 0.3) is 0 Å². The molecule has 0 spiro atoms. The van der Waals surface area contributed by atoms with Crippen LogP contribution in [0.3, 0.4) is 0 Å². The predicted octanol–water partition coefficient (Wildman–Crippen LogP) is 1.52. The Hall–Kier alpha value is -0.610. The molecule has 0 radical (unpaired) electrons. The molecule has 1 heterocycles. The Kier molecular flexibility index (Phi) is 6.65. The van der Waals surface area contributed by atoms with Crippen molar-refractivity contribution in [3.63, 3.8) is 0 Å². The number of rotatable bonds is 8. The lowest BCUT2D eigenvalue weighted by molar-refractivity contribution is -0.130. The molecule has 1 amide bonds. The summed E-state index contributed by atoms with van der Waals surface area (Å²) in [6, 6.07) is 0.0382. The van der Waals surface area contributed by atoms with Crippen molar-refractivity contribution in [2.45, 2.75) is 46.6 Å². The fraction of sp³-hybridized carbons (Fsp3) is 0.929. The second-order valence-electron chi connectivity index (χ2n) is 5.26. The van der Waals surface area contributed by atoms with Gasteiger partial charge >= 0.3 is 0 Å². The maximum absolute atomic E-state index is 12.2. The quantitative estimate of drug-likeness (QED) is 0.714. The molecular formula is C14H29N3O. The van der Waals surface area contributed by atoms with E-state index in [0.717, 1.165) is 39.3 Å². The van der Waals surface area contributed by atoms with Gasteiger partial charge in [-0.3, -0.25) is 10.1 Å². The number of amides is 1. The highest BCUT2D eigenvalue weighted by Gasteiger charge is 2.33. The summed E-state index contributed by atoms with van der Waals surface area (Å²) in [6.07, 6.45) is 2.23. The highest BCUT2D eigenvalue weighted by Crippen LogP contribution is 2.15. The third-order valence-electron chi connectivity index (χ3n) is 3.97. The number of carbonyl (C=O) groups excluding carboxylic acids is 1. The van der Waals surface area contributed by atoms with E-state index in [-0.39, 0.29) is 11.9 Å². The highest BCUT2D eigenvalue weighted by atomic mass is 16.2. The van der Waals surface area contributed by atoms with Gasteiger partial charge < -0.3 is 9.80 Å². The van der Waals surface area contributed by atoms with Gasteiger partial charge in [0.25, 0.3) is 0 Å². The summed E-state index contributed by atoms with van der Waals surface area (Å²) in [5.74, 6) is 0.720. The van der Waals surface area contributed by atoms with Crippen molar-refractivity contribution in [3.8, 4) is 0 Å². The van der Waals surface area contributed by atoms with Crippen molar-refractivity contribution in [1.29, 1.82) is 0 Å². The third-order valence-corrected chi connectivity index (χ3v) is 3.97. The maximum atomic E-state index is 12.2. The Morgan fingerprint density at radius 1 is 1.39 bits per heavy atom. The van der Waals surface area contributed by atoms with Gasteiger partial charge in [-0.25, -0.2) is 0 Å². The van der Waals surface area contributed by atoms with Crippen molar-refractivity contribution in [2.75, 3.05) is 32.8 Å². The Labute approximate surface area is 112 Å². The van der Waals surface area contributed by atoms with Crippen LogP contribution in [0.2, 0.25) is 0 Å². The van der Waals surface area contributed by atoms with Crippen LogP contribution in [0.4, 0.5) is 0 Å². The first-order valence-electron chi connectivity index (χ1n) is 7.38. The van der Waals surface area contributed by atoms with E-state index in [1.54, 1.807) is 0 Å². The molecule has 2 atom stereocenters. The smallest absolute Gasteiger partial charge is 0.241 e. The number of hydrogen-bond acceptors (Lipinski definition) is 3. The minimum Gasteiger partial charge on any atom is -0.327 e. The van der Waals surface area contributed by atoms with Crippen LogP contribution in [-0.4, -0.2) is 54.6 Å². The van der Waals surface area contributed by atoms with Crippen LogP contribution in [0.15, 0.2) is 0 Å². The second-order valence-corrected chi connectivity index (χ2v) is 5.26. The molecule has 18 heavy (non-hydrogen) atoms. The Bertz CT molecular complexity index is 257. The number of carbonyl (C=O) groups is 1. The summed E-state index contributed by atoms with van der Waals surface area (Å²) in [5, 5.41) is 3.34. The molecule has 0 aromatic carbocycles. The lowest BCUT2D eigenvalue weighted by atomic mass is 9.99. The van der Waals surface area contributed by atoms with Gasteiger partial charge in [0, 0.05) is 13.1 Å². The van der Waals surface area contributed by atoms with Crippen molar-refractivity contribution in [3.05, 3.63) is 0 Å². The number of nitrogens with zero attached hydrogens (tertiary/aromatic N) is 2. The average Bonchev–Trinajstić information content (AvgIpc) is 2.75. The normalized spacial score (nSPS) is 21.9. The van der Waals surface area contributed by atoms with E-state index in [0.29, 0.717) is 5.92 Å². The first kappa shape index (κ1) is 15.4. The topological polar surface area (TPSA) is 35.6 Å². The molecule has 1 aliphatic heterocycles. The van der Waals surface area contributed by atoms with Crippen LogP contribution in [0.1, 0.15) is 40.5 Å². The summed E-state index contributed by atoms with van der Waals surface area (Å²) in [6.45, 7) is 13.4. The first-order valence-corrected chi connectivity index (χ1v) is 7.38. The molecule has 0 saturated carbocycles. The SMILES string of the molecule is CCCN(CC)CCN1CNC(C(C)CC)C1=O. The first-order chi connectivity index (χ1) is 8.63. The highest BCUT2D eigenvalue weighted by molar-refractivity contribution is 5.84. The van der Waals surface area contributed by atoms with Crippen molar-refractivity contribution < 1.29 is 4.79 Å². The van der Waals surface area contributed by atoms with Crippen LogP contribution in [0.5, 0.6) is 0 Å². The van der Waals surface area contributed by atoms with Crippen molar-refractivity contribution >= 4 is 5.91 Å². The number of nitrogens with one attached hydrogen (secondary N) is 1. The van der Waals surface area contributed by atoms with E-state index >= 15 is 0 Å². The number of likely N-dealkylation sites (N-methyl/N-ethyl adjacent to an activating group) is 1. The molecular weight excluding hydrogens is 226 g/mol. The molecule has 2 unspecified atom stereocenters. The van der Waals surface area contributed by atoms with Gasteiger partial charge in [0.1, 0.15) is 0 Å². The molecule has 1 fully saturated rings. The van der Waals surface area contributed by atoms with Gasteiger partial charge in [0.2, 0.25) is 5.91 Å². The van der Waals surface area contributed by atoms with E-state index in [1.165, 1.54) is 6.42 Å². The van der Waals surface area contributed by atoms with E-state index in [2.05, 4.69) is 37.9 Å². The van der Waals surface area contributed by atoms with Gasteiger partial charge in [-0.2, -0.15) is 0 Å². The van der Waals surface area contributed by atoms with Crippen LogP contribution in [-0.2, 0) is 4.79 Å². The molecule has 1 aliphatic rings. The predicted molar refractivity (Wildman–Crippen MR) is 75.4 cm³/mol. The lowest BCUT2D eigenvalue weighted by Crippen LogP contribution is -2.39. The second kappa shape index (κ2) is 7.74. The van der Waals surface area contributed by atoms with Crippen molar-refractivity contribution in [2.24, 2.45) is 5.92 Å². The molecule has 4 heteroatoms. The lowest BCUT2D eigenvalue weighted by Gasteiger charge is -2.23. The summed E-state index contributed by atoms with van der Waals surface area (Å²) >= 11 is 0. The van der Waals surface area contributed by atoms with E-state index < -0.39 is 0 Å². The summed E-state index contributed by atoms with van der Waals surface area (Å²) in [5.41, 5.74) is 0. The minimum atomic E-state index is 0.0382. The fourth-order valence-electron chi connectivity index (χ4n) is 2.45. The van der Waals surface area contributed by atoms with Gasteiger partial charge in [0.15, 0.2) is 0 Å². The van der Waals surface area contributed by atoms with Gasteiger partial charge in [-0.1, -0.05) is 34.1 Å². The Morgan fingerprint density at radius 2 is 2.11 bits per heavy atom. The van der Waals surface area contributed by atoms with Crippen LogP contribution in [0, 0.1) is 5.92 Å². The standard InChI is InChI=1S/C14H29N3O/c1-5-8-16(7-3)9-10-17-11-15-13(14(17)18)12(4)6-2/h12-13,15H,5-11H2,1-4H3. The summed E-state index contributed by atoms with van der Waals surface area (Å²) in [7, 11) is 0. The zero-order valence-electron chi connectivity index (χ0n) is 12.4. The van der Waals surface area contributed by atoms with E-state index in [4.69, 9.17) is 0 Å². The van der Waals surface area contributed by atoms with Gasteiger partial charge in [-0.05, 0) is 25.4 Å². The van der Waals surface area contributed by atoms with E-state index in [1.807, 2.05) is 4.90 Å². The largest absolute Gasteiger partial charge is 0.327 e. The molecule has 0 bridgehead atoms. The molecule has 1 rings (SSSR count). The fourth-order valence-corrected chi connectivity index (χ4v) is 2.45. The molecule has 4 nitrogen and oxygen atoms in total. The van der Waals surface area contributed by atoms with Gasteiger partial charge in [0.05, 0.1) is 12.7 Å². The number of hydrogen-bond donors (Lipinski definition) is 1.